The van der Waals surface area contributed by atoms with E-state index in [0.717, 1.165) is 37.6 Å². The van der Waals surface area contributed by atoms with Crippen LogP contribution in [0.3, 0.4) is 0 Å². The Bertz CT molecular complexity index is 1350. The molecular formula is C27H18N2O4. The van der Waals surface area contributed by atoms with Crippen molar-refractivity contribution in [3.8, 4) is 22.3 Å². The molecule has 2 aliphatic heterocycles. The Kier molecular flexibility index (Phi) is 4.83. The van der Waals surface area contributed by atoms with Gasteiger partial charge in [0, 0.05) is 24.3 Å². The number of imide groups is 2. The molecule has 4 amide bonds. The zero-order chi connectivity index (χ0) is 23.1. The summed E-state index contributed by atoms with van der Waals surface area (Å²) in [5.41, 5.74) is 6.05. The molecule has 160 valence electrons. The number of rotatable bonds is 4. The van der Waals surface area contributed by atoms with Crippen LogP contribution in [0.5, 0.6) is 0 Å². The molecular weight excluding hydrogens is 416 g/mol. The number of carbonyl (C=O) groups excluding carboxylic acids is 4. The second kappa shape index (κ2) is 7.84. The maximum atomic E-state index is 11.9. The van der Waals surface area contributed by atoms with Crippen LogP contribution in [0, 0.1) is 6.92 Å². The summed E-state index contributed by atoms with van der Waals surface area (Å²) in [6.07, 6.45) is 5.06. The van der Waals surface area contributed by atoms with Crippen molar-refractivity contribution in [3.63, 3.8) is 0 Å². The maximum absolute atomic E-state index is 11.9. The predicted octanol–water partition coefficient (Wildman–Crippen LogP) is 4.19. The molecule has 6 heteroatoms. The van der Waals surface area contributed by atoms with E-state index >= 15 is 0 Å². The molecule has 0 N–H and O–H groups in total. The van der Waals surface area contributed by atoms with Gasteiger partial charge < -0.3 is 0 Å². The third-order valence-electron chi connectivity index (χ3n) is 5.75. The molecule has 0 radical (unpaired) electrons. The summed E-state index contributed by atoms with van der Waals surface area (Å²) in [5.74, 6) is -1.38. The summed E-state index contributed by atoms with van der Waals surface area (Å²) in [4.78, 5) is 49.9. The minimum atomic E-state index is -0.345. The number of hydrogen-bond acceptors (Lipinski definition) is 4. The number of amides is 4. The second-order valence-corrected chi connectivity index (χ2v) is 7.81. The highest BCUT2D eigenvalue weighted by molar-refractivity contribution is 6.28. The highest BCUT2D eigenvalue weighted by atomic mass is 16.2. The highest BCUT2D eigenvalue weighted by Gasteiger charge is 2.26. The average Bonchev–Trinajstić information content (AvgIpc) is 3.34. The molecule has 0 unspecified atom stereocenters. The normalized spacial score (nSPS) is 15.3. The lowest BCUT2D eigenvalue weighted by Crippen LogP contribution is -2.29. The van der Waals surface area contributed by atoms with Crippen molar-refractivity contribution in [2.45, 2.75) is 6.92 Å². The van der Waals surface area contributed by atoms with Crippen molar-refractivity contribution < 1.29 is 19.2 Å². The minimum Gasteiger partial charge on any atom is -0.269 e. The standard InChI is InChI=1S/C27H18N2O4/c1-17-2-3-20(18-4-8-21(9-5-18)28-24(30)12-13-25(28)31)16-23(17)19-6-10-22(11-7-19)29-26(32)14-15-27(29)33/h2-16H,1H3. The fourth-order valence-corrected chi connectivity index (χ4v) is 4.02. The number of nitrogens with zero attached hydrogens (tertiary/aromatic N) is 2. The SMILES string of the molecule is Cc1ccc(-c2ccc(N3C(=O)C=CC3=O)cc2)cc1-c1ccc(N2C(=O)C=CC2=O)cc1. The fraction of sp³-hybridized carbons (Fsp3) is 0.0370. The first kappa shape index (κ1) is 20.3. The summed E-state index contributed by atoms with van der Waals surface area (Å²) < 4.78 is 0. The summed E-state index contributed by atoms with van der Waals surface area (Å²) >= 11 is 0. The topological polar surface area (TPSA) is 74.8 Å². The summed E-state index contributed by atoms with van der Waals surface area (Å²) in [5, 5.41) is 0. The van der Waals surface area contributed by atoms with Crippen molar-refractivity contribution in [2.75, 3.05) is 9.80 Å². The van der Waals surface area contributed by atoms with Gasteiger partial charge in [0.1, 0.15) is 0 Å². The summed E-state index contributed by atoms with van der Waals surface area (Å²) in [6, 6.07) is 20.7. The molecule has 0 atom stereocenters. The Balaban J connectivity index is 1.43. The van der Waals surface area contributed by atoms with E-state index in [4.69, 9.17) is 0 Å². The van der Waals surface area contributed by atoms with Gasteiger partial charge in [0.25, 0.3) is 23.6 Å². The van der Waals surface area contributed by atoms with Gasteiger partial charge in [-0.15, -0.1) is 0 Å². The zero-order valence-corrected chi connectivity index (χ0v) is 17.7. The Morgan fingerprint density at radius 1 is 0.485 bits per heavy atom. The van der Waals surface area contributed by atoms with Crippen molar-refractivity contribution in [2.24, 2.45) is 0 Å². The van der Waals surface area contributed by atoms with Crippen LogP contribution in [0.4, 0.5) is 11.4 Å². The first-order chi connectivity index (χ1) is 15.9. The highest BCUT2D eigenvalue weighted by Crippen LogP contribution is 2.32. The van der Waals surface area contributed by atoms with Crippen LogP contribution in [-0.2, 0) is 19.2 Å². The average molecular weight is 434 g/mol. The Morgan fingerprint density at radius 3 is 1.33 bits per heavy atom. The van der Waals surface area contributed by atoms with E-state index in [1.165, 1.54) is 24.3 Å². The first-order valence-electron chi connectivity index (χ1n) is 10.4. The molecule has 0 bridgehead atoms. The van der Waals surface area contributed by atoms with Gasteiger partial charge in [-0.05, 0) is 65.1 Å². The van der Waals surface area contributed by atoms with Crippen LogP contribution in [0.25, 0.3) is 22.3 Å². The summed E-state index contributed by atoms with van der Waals surface area (Å²) in [6.45, 7) is 2.02. The van der Waals surface area contributed by atoms with Crippen LogP contribution in [-0.4, -0.2) is 23.6 Å². The second-order valence-electron chi connectivity index (χ2n) is 7.81. The zero-order valence-electron chi connectivity index (χ0n) is 17.7. The lowest BCUT2D eigenvalue weighted by atomic mass is 9.95. The van der Waals surface area contributed by atoms with Crippen LogP contribution in [0.15, 0.2) is 91.0 Å². The largest absolute Gasteiger partial charge is 0.269 e. The van der Waals surface area contributed by atoms with E-state index in [-0.39, 0.29) is 23.6 Å². The summed E-state index contributed by atoms with van der Waals surface area (Å²) in [7, 11) is 0. The lowest BCUT2D eigenvalue weighted by Gasteiger charge is -2.16. The van der Waals surface area contributed by atoms with Crippen LogP contribution >= 0.6 is 0 Å². The molecule has 3 aromatic rings. The molecule has 3 aromatic carbocycles. The van der Waals surface area contributed by atoms with Crippen molar-refractivity contribution in [3.05, 3.63) is 96.6 Å². The molecule has 2 heterocycles. The van der Waals surface area contributed by atoms with Gasteiger partial charge in [0.2, 0.25) is 0 Å². The van der Waals surface area contributed by atoms with Crippen LogP contribution in [0.2, 0.25) is 0 Å². The molecule has 0 aliphatic carbocycles. The Hall–Kier alpha value is -4.58. The van der Waals surface area contributed by atoms with Gasteiger partial charge in [-0.2, -0.15) is 0 Å². The van der Waals surface area contributed by atoms with Crippen molar-refractivity contribution >= 4 is 35.0 Å². The first-order valence-corrected chi connectivity index (χ1v) is 10.4. The predicted molar refractivity (Wildman–Crippen MR) is 125 cm³/mol. The monoisotopic (exact) mass is 434 g/mol. The van der Waals surface area contributed by atoms with E-state index in [0.29, 0.717) is 11.4 Å². The third-order valence-corrected chi connectivity index (χ3v) is 5.75. The van der Waals surface area contributed by atoms with Crippen LogP contribution in [0.1, 0.15) is 5.56 Å². The molecule has 33 heavy (non-hydrogen) atoms. The molecule has 0 aromatic heterocycles. The van der Waals surface area contributed by atoms with Gasteiger partial charge >= 0.3 is 0 Å². The Labute approximate surface area is 190 Å². The van der Waals surface area contributed by atoms with Gasteiger partial charge in [-0.3, -0.25) is 19.2 Å². The molecule has 2 aliphatic rings. The van der Waals surface area contributed by atoms with E-state index < -0.39 is 0 Å². The maximum Gasteiger partial charge on any atom is 0.258 e. The van der Waals surface area contributed by atoms with Gasteiger partial charge in [0.15, 0.2) is 0 Å². The molecule has 6 nitrogen and oxygen atoms in total. The smallest absolute Gasteiger partial charge is 0.258 e. The van der Waals surface area contributed by atoms with Gasteiger partial charge in [-0.1, -0.05) is 36.4 Å². The quantitative estimate of drug-likeness (QED) is 0.577. The van der Waals surface area contributed by atoms with Gasteiger partial charge in [0.05, 0.1) is 11.4 Å². The molecule has 0 saturated carbocycles. The Morgan fingerprint density at radius 2 is 0.879 bits per heavy atom. The molecule has 0 fully saturated rings. The number of aryl methyl sites for hydroxylation is 1. The van der Waals surface area contributed by atoms with E-state index in [9.17, 15) is 19.2 Å². The lowest BCUT2D eigenvalue weighted by molar-refractivity contribution is -0.121. The number of carbonyl (C=O) groups is 4. The van der Waals surface area contributed by atoms with E-state index in [1.807, 2.05) is 43.3 Å². The van der Waals surface area contributed by atoms with Crippen LogP contribution < -0.4 is 9.80 Å². The molecule has 0 saturated heterocycles. The fourth-order valence-electron chi connectivity index (χ4n) is 4.02. The van der Waals surface area contributed by atoms with E-state index in [1.54, 1.807) is 24.3 Å². The molecule has 0 spiro atoms. The number of hydrogen-bond donors (Lipinski definition) is 0. The van der Waals surface area contributed by atoms with Crippen molar-refractivity contribution in [1.29, 1.82) is 0 Å². The number of benzene rings is 3. The van der Waals surface area contributed by atoms with Gasteiger partial charge in [-0.25, -0.2) is 9.80 Å². The van der Waals surface area contributed by atoms with Crippen molar-refractivity contribution in [1.82, 2.24) is 0 Å². The molecule has 5 rings (SSSR count). The van der Waals surface area contributed by atoms with E-state index in [2.05, 4.69) is 6.07 Å². The number of anilines is 2. The third kappa shape index (κ3) is 3.57. The minimum absolute atomic E-state index is 0.345.